The maximum atomic E-state index is 12.7. The van der Waals surface area contributed by atoms with E-state index >= 15 is 0 Å². The second-order valence-corrected chi connectivity index (χ2v) is 7.12. The first kappa shape index (κ1) is 15.2. The summed E-state index contributed by atoms with van der Waals surface area (Å²) in [5.41, 5.74) is 0.278. The summed E-state index contributed by atoms with van der Waals surface area (Å²) in [5, 5.41) is 3.12. The van der Waals surface area contributed by atoms with Gasteiger partial charge in [-0.05, 0) is 30.9 Å². The third-order valence-corrected chi connectivity index (χ3v) is 5.03. The lowest BCUT2D eigenvalue weighted by Gasteiger charge is -2.20. The van der Waals surface area contributed by atoms with Gasteiger partial charge < -0.3 is 5.32 Å². The molecule has 112 valence electrons. The standard InChI is InChI=1S/C14H19F2NO2S/c1-2-11(9-10-7-8-10)17-12-5-3-4-6-13(12)20(18,19)14(15)16/h3-6,10-11,14,17H,2,7-9H2,1H3. The van der Waals surface area contributed by atoms with Gasteiger partial charge in [-0.2, -0.15) is 8.78 Å². The van der Waals surface area contributed by atoms with Gasteiger partial charge in [-0.15, -0.1) is 0 Å². The van der Waals surface area contributed by atoms with Crippen LogP contribution in [0.4, 0.5) is 14.5 Å². The Labute approximate surface area is 118 Å². The van der Waals surface area contributed by atoms with Crippen molar-refractivity contribution in [3.63, 3.8) is 0 Å². The quantitative estimate of drug-likeness (QED) is 0.836. The van der Waals surface area contributed by atoms with Crippen molar-refractivity contribution in [2.75, 3.05) is 5.32 Å². The molecule has 1 aliphatic rings. The number of hydrogen-bond donors (Lipinski definition) is 1. The number of halogens is 2. The van der Waals surface area contributed by atoms with E-state index < -0.39 is 15.6 Å². The monoisotopic (exact) mass is 303 g/mol. The van der Waals surface area contributed by atoms with Gasteiger partial charge in [-0.1, -0.05) is 31.9 Å². The first-order valence-electron chi connectivity index (χ1n) is 6.82. The highest BCUT2D eigenvalue weighted by molar-refractivity contribution is 7.91. The Bertz CT molecular complexity index is 556. The topological polar surface area (TPSA) is 46.2 Å². The summed E-state index contributed by atoms with van der Waals surface area (Å²) in [6.07, 6.45) is 4.20. The number of sulfone groups is 1. The van der Waals surface area contributed by atoms with E-state index in [-0.39, 0.29) is 16.6 Å². The van der Waals surface area contributed by atoms with Crippen LogP contribution in [0.5, 0.6) is 0 Å². The zero-order valence-electron chi connectivity index (χ0n) is 11.4. The molecule has 0 aliphatic heterocycles. The number of anilines is 1. The maximum absolute atomic E-state index is 12.7. The third kappa shape index (κ3) is 3.48. The first-order valence-corrected chi connectivity index (χ1v) is 8.37. The molecule has 1 fully saturated rings. The fourth-order valence-electron chi connectivity index (χ4n) is 2.23. The number of para-hydroxylation sites is 1. The molecule has 0 amide bonds. The number of hydrogen-bond acceptors (Lipinski definition) is 3. The molecule has 0 radical (unpaired) electrons. The molecule has 6 heteroatoms. The van der Waals surface area contributed by atoms with E-state index in [1.54, 1.807) is 12.1 Å². The van der Waals surface area contributed by atoms with Gasteiger partial charge in [0.25, 0.3) is 0 Å². The lowest BCUT2D eigenvalue weighted by Crippen LogP contribution is -2.22. The first-order chi connectivity index (χ1) is 9.45. The molecule has 20 heavy (non-hydrogen) atoms. The van der Waals surface area contributed by atoms with E-state index in [0.717, 1.165) is 12.8 Å². The average molecular weight is 303 g/mol. The van der Waals surface area contributed by atoms with Crippen molar-refractivity contribution < 1.29 is 17.2 Å². The van der Waals surface area contributed by atoms with E-state index in [1.807, 2.05) is 6.92 Å². The minimum Gasteiger partial charge on any atom is -0.381 e. The molecule has 2 rings (SSSR count). The Balaban J connectivity index is 2.22. The summed E-state index contributed by atoms with van der Waals surface area (Å²) < 4.78 is 48.7. The molecule has 0 saturated heterocycles. The van der Waals surface area contributed by atoms with Crippen LogP contribution in [0.2, 0.25) is 0 Å². The Hall–Kier alpha value is -1.17. The average Bonchev–Trinajstić information content (AvgIpc) is 3.22. The second-order valence-electron chi connectivity index (χ2n) is 5.23. The highest BCUT2D eigenvalue weighted by atomic mass is 32.2. The van der Waals surface area contributed by atoms with Crippen LogP contribution in [0, 0.1) is 5.92 Å². The summed E-state index contributed by atoms with van der Waals surface area (Å²) in [7, 11) is -4.57. The fraction of sp³-hybridized carbons (Fsp3) is 0.571. The molecule has 3 nitrogen and oxygen atoms in total. The van der Waals surface area contributed by atoms with Crippen molar-refractivity contribution in [2.24, 2.45) is 5.92 Å². The van der Waals surface area contributed by atoms with Crippen LogP contribution in [0.15, 0.2) is 29.2 Å². The number of alkyl halides is 2. The summed E-state index contributed by atoms with van der Waals surface area (Å²) in [4.78, 5) is -0.316. The second kappa shape index (κ2) is 6.08. The van der Waals surface area contributed by atoms with Crippen molar-refractivity contribution in [1.29, 1.82) is 0 Å². The zero-order chi connectivity index (χ0) is 14.8. The molecule has 1 aromatic rings. The highest BCUT2D eigenvalue weighted by Crippen LogP contribution is 2.35. The van der Waals surface area contributed by atoms with E-state index in [4.69, 9.17) is 0 Å². The molecular formula is C14H19F2NO2S. The normalized spacial score (nSPS) is 17.2. The SMILES string of the molecule is CCC(CC1CC1)Nc1ccccc1S(=O)(=O)C(F)F. The Kier molecular flexibility index (Phi) is 4.62. The Morgan fingerprint density at radius 3 is 2.50 bits per heavy atom. The molecular weight excluding hydrogens is 284 g/mol. The van der Waals surface area contributed by atoms with E-state index in [9.17, 15) is 17.2 Å². The molecule has 0 heterocycles. The summed E-state index contributed by atoms with van der Waals surface area (Å²) in [6.45, 7) is 2.00. The molecule has 0 aromatic heterocycles. The van der Waals surface area contributed by atoms with Crippen LogP contribution in [-0.4, -0.2) is 20.2 Å². The van der Waals surface area contributed by atoms with Crippen LogP contribution in [0.1, 0.15) is 32.6 Å². The number of benzene rings is 1. The highest BCUT2D eigenvalue weighted by Gasteiger charge is 2.30. The van der Waals surface area contributed by atoms with Crippen LogP contribution in [-0.2, 0) is 9.84 Å². The molecule has 1 aliphatic carbocycles. The minimum absolute atomic E-state index is 0.122. The van der Waals surface area contributed by atoms with Crippen LogP contribution >= 0.6 is 0 Å². The predicted octanol–water partition coefficient (Wildman–Crippen LogP) is 3.67. The minimum atomic E-state index is -4.57. The van der Waals surface area contributed by atoms with Crippen LogP contribution < -0.4 is 5.32 Å². The molecule has 1 aromatic carbocycles. The van der Waals surface area contributed by atoms with Crippen molar-refractivity contribution in [3.05, 3.63) is 24.3 Å². The van der Waals surface area contributed by atoms with Gasteiger partial charge >= 0.3 is 5.76 Å². The lowest BCUT2D eigenvalue weighted by molar-refractivity contribution is 0.235. The van der Waals surface area contributed by atoms with Crippen LogP contribution in [0.25, 0.3) is 0 Å². The van der Waals surface area contributed by atoms with Crippen molar-refractivity contribution >= 4 is 15.5 Å². The van der Waals surface area contributed by atoms with E-state index in [1.165, 1.54) is 25.0 Å². The summed E-state index contributed by atoms with van der Waals surface area (Å²) in [5.74, 6) is -2.71. The Morgan fingerprint density at radius 1 is 1.30 bits per heavy atom. The van der Waals surface area contributed by atoms with Gasteiger partial charge in [0.15, 0.2) is 0 Å². The molecule has 1 N–H and O–H groups in total. The zero-order valence-corrected chi connectivity index (χ0v) is 12.2. The van der Waals surface area contributed by atoms with Crippen LogP contribution in [0.3, 0.4) is 0 Å². The molecule has 1 saturated carbocycles. The Morgan fingerprint density at radius 2 is 1.95 bits per heavy atom. The number of rotatable bonds is 7. The van der Waals surface area contributed by atoms with E-state index in [2.05, 4.69) is 5.32 Å². The van der Waals surface area contributed by atoms with Gasteiger partial charge in [0.1, 0.15) is 0 Å². The molecule has 1 atom stereocenters. The van der Waals surface area contributed by atoms with Crippen molar-refractivity contribution in [2.45, 2.75) is 49.3 Å². The van der Waals surface area contributed by atoms with Gasteiger partial charge in [0.05, 0.1) is 10.6 Å². The predicted molar refractivity (Wildman–Crippen MR) is 74.7 cm³/mol. The molecule has 0 spiro atoms. The van der Waals surface area contributed by atoms with Gasteiger partial charge in [-0.3, -0.25) is 0 Å². The summed E-state index contributed by atoms with van der Waals surface area (Å²) >= 11 is 0. The number of nitrogens with one attached hydrogen (secondary N) is 1. The van der Waals surface area contributed by atoms with Gasteiger partial charge in [0.2, 0.25) is 9.84 Å². The lowest BCUT2D eigenvalue weighted by atomic mass is 10.1. The van der Waals surface area contributed by atoms with Crippen molar-refractivity contribution in [3.8, 4) is 0 Å². The molecule has 0 bridgehead atoms. The maximum Gasteiger partial charge on any atom is 0.341 e. The van der Waals surface area contributed by atoms with Crippen molar-refractivity contribution in [1.82, 2.24) is 0 Å². The smallest absolute Gasteiger partial charge is 0.341 e. The fourth-order valence-corrected chi connectivity index (χ4v) is 3.13. The summed E-state index contributed by atoms with van der Waals surface area (Å²) in [6, 6.07) is 6.01. The molecule has 1 unspecified atom stereocenters. The largest absolute Gasteiger partial charge is 0.381 e. The van der Waals surface area contributed by atoms with Gasteiger partial charge in [0, 0.05) is 6.04 Å². The van der Waals surface area contributed by atoms with E-state index in [0.29, 0.717) is 5.92 Å². The van der Waals surface area contributed by atoms with Gasteiger partial charge in [-0.25, -0.2) is 8.42 Å². The third-order valence-electron chi connectivity index (χ3n) is 3.60.